The number of sulfonamides is 1. The van der Waals surface area contributed by atoms with Crippen molar-refractivity contribution in [1.29, 1.82) is 0 Å². The molecule has 3 rings (SSSR count). The number of amides is 1. The van der Waals surface area contributed by atoms with Crippen molar-refractivity contribution in [2.75, 3.05) is 19.6 Å². The minimum atomic E-state index is -3.66. The highest BCUT2D eigenvalue weighted by molar-refractivity contribution is 7.91. The highest BCUT2D eigenvalue weighted by Crippen LogP contribution is 2.31. The highest BCUT2D eigenvalue weighted by Gasteiger charge is 2.34. The molecule has 1 atom stereocenters. The molecule has 2 aromatic heterocycles. The van der Waals surface area contributed by atoms with E-state index in [0.29, 0.717) is 49.1 Å². The number of carbonyl (C=O) groups is 1. The van der Waals surface area contributed by atoms with E-state index in [2.05, 4.69) is 29.3 Å². The van der Waals surface area contributed by atoms with Crippen LogP contribution in [0.15, 0.2) is 20.2 Å². The Labute approximate surface area is 169 Å². The second-order valence-electron chi connectivity index (χ2n) is 7.47. The molecule has 0 aliphatic carbocycles. The molecular formula is C18H26N4O4S2. The second-order valence-corrected chi connectivity index (χ2v) is 10.5. The molecule has 0 aromatic carbocycles. The SMILES string of the molecule is Cc1nc(-c2csc(S(=O)(=O)N3CCC[C@@H](C(=O)NCCC(C)C)C3)c2)no1. The van der Waals surface area contributed by atoms with Crippen molar-refractivity contribution in [2.45, 2.75) is 44.2 Å². The van der Waals surface area contributed by atoms with Gasteiger partial charge in [-0.15, -0.1) is 11.3 Å². The average Bonchev–Trinajstić information content (AvgIpc) is 3.30. The van der Waals surface area contributed by atoms with Crippen LogP contribution in [0.1, 0.15) is 39.0 Å². The first-order valence-corrected chi connectivity index (χ1v) is 11.8. The molecule has 1 amide bonds. The third kappa shape index (κ3) is 4.79. The van der Waals surface area contributed by atoms with E-state index in [4.69, 9.17) is 4.52 Å². The maximum absolute atomic E-state index is 13.0. The Balaban J connectivity index is 1.68. The van der Waals surface area contributed by atoms with Crippen LogP contribution in [0.5, 0.6) is 0 Å². The summed E-state index contributed by atoms with van der Waals surface area (Å²) in [6.45, 7) is 7.15. The van der Waals surface area contributed by atoms with Crippen LogP contribution in [0.3, 0.4) is 0 Å². The molecule has 3 heterocycles. The van der Waals surface area contributed by atoms with E-state index >= 15 is 0 Å². The molecule has 0 spiro atoms. The molecule has 1 fully saturated rings. The van der Waals surface area contributed by atoms with E-state index in [0.717, 1.165) is 17.8 Å². The number of nitrogens with zero attached hydrogens (tertiary/aromatic N) is 3. The van der Waals surface area contributed by atoms with Crippen LogP contribution in [0, 0.1) is 18.8 Å². The summed E-state index contributed by atoms with van der Waals surface area (Å²) < 4.78 is 32.7. The molecule has 1 aliphatic heterocycles. The Hall–Kier alpha value is -1.78. The lowest BCUT2D eigenvalue weighted by Gasteiger charge is -2.30. The largest absolute Gasteiger partial charge is 0.356 e. The van der Waals surface area contributed by atoms with Gasteiger partial charge in [-0.05, 0) is 31.2 Å². The van der Waals surface area contributed by atoms with Crippen LogP contribution in [0.4, 0.5) is 0 Å². The molecule has 1 aliphatic rings. The summed E-state index contributed by atoms with van der Waals surface area (Å²) in [4.78, 5) is 16.6. The molecule has 8 nitrogen and oxygen atoms in total. The first kappa shape index (κ1) is 20.9. The van der Waals surface area contributed by atoms with Gasteiger partial charge in [0.25, 0.3) is 10.0 Å². The average molecular weight is 427 g/mol. The Bertz CT molecular complexity index is 920. The van der Waals surface area contributed by atoms with Crippen LogP contribution in [-0.4, -0.2) is 48.4 Å². The molecule has 28 heavy (non-hydrogen) atoms. The van der Waals surface area contributed by atoms with Gasteiger partial charge in [-0.2, -0.15) is 9.29 Å². The number of piperidine rings is 1. The van der Waals surface area contributed by atoms with E-state index in [1.165, 1.54) is 4.31 Å². The Morgan fingerprint density at radius 1 is 1.46 bits per heavy atom. The van der Waals surface area contributed by atoms with E-state index in [-0.39, 0.29) is 22.6 Å². The van der Waals surface area contributed by atoms with Gasteiger partial charge in [-0.1, -0.05) is 19.0 Å². The highest BCUT2D eigenvalue weighted by atomic mass is 32.2. The van der Waals surface area contributed by atoms with Gasteiger partial charge in [0, 0.05) is 37.5 Å². The molecule has 1 saturated heterocycles. The normalized spacial score (nSPS) is 18.5. The van der Waals surface area contributed by atoms with Crippen molar-refractivity contribution in [2.24, 2.45) is 11.8 Å². The number of carbonyl (C=O) groups excluding carboxylic acids is 1. The monoisotopic (exact) mass is 426 g/mol. The van der Waals surface area contributed by atoms with Crippen molar-refractivity contribution < 1.29 is 17.7 Å². The van der Waals surface area contributed by atoms with Gasteiger partial charge in [0.2, 0.25) is 17.6 Å². The van der Waals surface area contributed by atoms with Crippen molar-refractivity contribution in [1.82, 2.24) is 19.8 Å². The second kappa shape index (κ2) is 8.71. The number of thiophene rings is 1. The fourth-order valence-corrected chi connectivity index (χ4v) is 5.95. The lowest BCUT2D eigenvalue weighted by Crippen LogP contribution is -2.45. The van der Waals surface area contributed by atoms with Gasteiger partial charge in [0.15, 0.2) is 0 Å². The van der Waals surface area contributed by atoms with Crippen molar-refractivity contribution >= 4 is 27.3 Å². The number of aromatic nitrogens is 2. The van der Waals surface area contributed by atoms with Gasteiger partial charge >= 0.3 is 0 Å². The molecule has 0 radical (unpaired) electrons. The minimum absolute atomic E-state index is 0.0605. The summed E-state index contributed by atoms with van der Waals surface area (Å²) in [5, 5.41) is 8.47. The first-order chi connectivity index (χ1) is 13.3. The minimum Gasteiger partial charge on any atom is -0.356 e. The zero-order valence-electron chi connectivity index (χ0n) is 16.3. The summed E-state index contributed by atoms with van der Waals surface area (Å²) in [6, 6.07) is 1.57. The summed E-state index contributed by atoms with van der Waals surface area (Å²) in [5.74, 6) is 0.938. The maximum Gasteiger partial charge on any atom is 0.252 e. The molecular weight excluding hydrogens is 400 g/mol. The van der Waals surface area contributed by atoms with Gasteiger partial charge in [0.05, 0.1) is 5.92 Å². The standard InChI is InChI=1S/C18H26N4O4S2/c1-12(2)6-7-19-18(23)14-5-4-8-22(10-14)28(24,25)16-9-15(11-27-16)17-20-13(3)26-21-17/h9,11-12,14H,4-8,10H2,1-3H3,(H,19,23)/t14-/m1/s1. The van der Waals surface area contributed by atoms with Crippen LogP contribution in [0.25, 0.3) is 11.4 Å². The number of aryl methyl sites for hydroxylation is 1. The molecule has 2 aromatic rings. The maximum atomic E-state index is 13.0. The van der Waals surface area contributed by atoms with Crippen molar-refractivity contribution in [3.63, 3.8) is 0 Å². The molecule has 10 heteroatoms. The zero-order valence-corrected chi connectivity index (χ0v) is 18.0. The Morgan fingerprint density at radius 2 is 2.25 bits per heavy atom. The summed E-state index contributed by atoms with van der Waals surface area (Å²) in [7, 11) is -3.66. The predicted octanol–water partition coefficient (Wildman–Crippen LogP) is 2.67. The zero-order chi connectivity index (χ0) is 20.3. The quantitative estimate of drug-likeness (QED) is 0.730. The van der Waals surface area contributed by atoms with Crippen LogP contribution >= 0.6 is 11.3 Å². The topological polar surface area (TPSA) is 105 Å². The van der Waals surface area contributed by atoms with E-state index < -0.39 is 10.0 Å². The van der Waals surface area contributed by atoms with Crippen LogP contribution in [0.2, 0.25) is 0 Å². The van der Waals surface area contributed by atoms with E-state index in [9.17, 15) is 13.2 Å². The molecule has 1 N–H and O–H groups in total. The fraction of sp³-hybridized carbons (Fsp3) is 0.611. The number of nitrogens with one attached hydrogen (secondary N) is 1. The van der Waals surface area contributed by atoms with Gasteiger partial charge < -0.3 is 9.84 Å². The van der Waals surface area contributed by atoms with Gasteiger partial charge in [-0.25, -0.2) is 8.42 Å². The molecule has 154 valence electrons. The Morgan fingerprint density at radius 3 is 2.93 bits per heavy atom. The third-order valence-corrected chi connectivity index (χ3v) is 8.01. The fourth-order valence-electron chi connectivity index (χ4n) is 3.12. The van der Waals surface area contributed by atoms with Crippen molar-refractivity contribution in [3.05, 3.63) is 17.3 Å². The summed E-state index contributed by atoms with van der Waals surface area (Å²) >= 11 is 1.13. The first-order valence-electron chi connectivity index (χ1n) is 9.44. The van der Waals surface area contributed by atoms with Gasteiger partial charge in [-0.3, -0.25) is 4.79 Å². The molecule has 0 unspecified atom stereocenters. The van der Waals surface area contributed by atoms with Crippen LogP contribution in [-0.2, 0) is 14.8 Å². The molecule has 0 bridgehead atoms. The van der Waals surface area contributed by atoms with Crippen molar-refractivity contribution in [3.8, 4) is 11.4 Å². The number of hydrogen-bond acceptors (Lipinski definition) is 7. The lowest BCUT2D eigenvalue weighted by atomic mass is 9.98. The smallest absolute Gasteiger partial charge is 0.252 e. The van der Waals surface area contributed by atoms with Crippen LogP contribution < -0.4 is 5.32 Å². The Kier molecular flexibility index (Phi) is 6.51. The third-order valence-electron chi connectivity index (χ3n) is 4.73. The number of hydrogen-bond donors (Lipinski definition) is 1. The summed E-state index contributed by atoms with van der Waals surface area (Å²) in [5.41, 5.74) is 0.611. The predicted molar refractivity (Wildman–Crippen MR) is 106 cm³/mol. The summed E-state index contributed by atoms with van der Waals surface area (Å²) in [6.07, 6.45) is 2.29. The molecule has 0 saturated carbocycles. The lowest BCUT2D eigenvalue weighted by molar-refractivity contribution is -0.126. The van der Waals surface area contributed by atoms with Gasteiger partial charge in [0.1, 0.15) is 4.21 Å². The van der Waals surface area contributed by atoms with E-state index in [1.54, 1.807) is 18.4 Å². The number of rotatable bonds is 7. The van der Waals surface area contributed by atoms with E-state index in [1.807, 2.05) is 0 Å².